The van der Waals surface area contributed by atoms with Crippen molar-refractivity contribution in [1.29, 1.82) is 0 Å². The van der Waals surface area contributed by atoms with Gasteiger partial charge in [-0.1, -0.05) is 17.4 Å². The van der Waals surface area contributed by atoms with Crippen LogP contribution in [0.15, 0.2) is 42.7 Å². The monoisotopic (exact) mass is 425 g/mol. The molecule has 0 aromatic carbocycles. The van der Waals surface area contributed by atoms with Gasteiger partial charge in [0.1, 0.15) is 11.6 Å². The third-order valence-electron chi connectivity index (χ3n) is 5.31. The van der Waals surface area contributed by atoms with Crippen molar-refractivity contribution in [2.45, 2.75) is 25.2 Å². The lowest BCUT2D eigenvalue weighted by molar-refractivity contribution is -0.149. The number of aliphatic hydroxyl groups excluding tert-OH is 1. The molecule has 1 atom stereocenters. The summed E-state index contributed by atoms with van der Waals surface area (Å²) < 4.78 is 11.5. The number of aromatic nitrogens is 3. The van der Waals surface area contributed by atoms with Crippen LogP contribution >= 0.6 is 11.3 Å². The first kappa shape index (κ1) is 19.4. The number of ether oxygens (including phenoxy) is 2. The second-order valence-electron chi connectivity index (χ2n) is 7.50. The van der Waals surface area contributed by atoms with E-state index in [1.54, 1.807) is 17.5 Å². The third kappa shape index (κ3) is 3.89. The molecule has 2 N–H and O–H groups in total. The number of hydrogen-bond acceptors (Lipinski definition) is 9. The summed E-state index contributed by atoms with van der Waals surface area (Å²) in [5.74, 6) is 0.632. The van der Waals surface area contributed by atoms with Crippen LogP contribution in [0.3, 0.4) is 0 Å². The van der Waals surface area contributed by atoms with E-state index in [0.29, 0.717) is 31.4 Å². The first-order valence-electron chi connectivity index (χ1n) is 9.97. The molecule has 2 fully saturated rings. The maximum absolute atomic E-state index is 9.76. The average Bonchev–Trinajstić information content (AvgIpc) is 3.50. The maximum Gasteiger partial charge on any atom is 0.192 e. The minimum absolute atomic E-state index is 0.270. The number of aliphatic hydroxyl groups is 1. The number of β-amino-alcohol motifs (C(OH)–C–C–N with tert-alkyl or cyclic N) is 1. The second-order valence-corrected chi connectivity index (χ2v) is 8.51. The van der Waals surface area contributed by atoms with E-state index in [1.165, 1.54) is 0 Å². The van der Waals surface area contributed by atoms with Gasteiger partial charge in [-0.2, -0.15) is 0 Å². The molecule has 0 saturated carbocycles. The highest BCUT2D eigenvalue weighted by Gasteiger charge is 2.33. The molecule has 3 aromatic rings. The summed E-state index contributed by atoms with van der Waals surface area (Å²) in [5.41, 5.74) is 1.75. The molecule has 30 heavy (non-hydrogen) atoms. The second kappa shape index (κ2) is 7.92. The summed E-state index contributed by atoms with van der Waals surface area (Å²) in [6.45, 7) is 4.55. The molecule has 3 aromatic heterocycles. The highest BCUT2D eigenvalue weighted by molar-refractivity contribution is 7.18. The number of hydrogen-bond donors (Lipinski definition) is 2. The largest absolute Gasteiger partial charge is 0.391 e. The smallest absolute Gasteiger partial charge is 0.192 e. The van der Waals surface area contributed by atoms with Gasteiger partial charge in [0.25, 0.3) is 0 Å². The predicted octanol–water partition coefficient (Wildman–Crippen LogP) is 3.13. The molecule has 2 aliphatic rings. The Kier molecular flexibility index (Phi) is 5.11. The number of rotatable bonds is 5. The van der Waals surface area contributed by atoms with E-state index in [4.69, 9.17) is 14.5 Å². The fourth-order valence-electron chi connectivity index (χ4n) is 3.68. The number of nitrogens with zero attached hydrogens (tertiary/aromatic N) is 4. The van der Waals surface area contributed by atoms with E-state index in [0.717, 1.165) is 34.2 Å². The zero-order chi connectivity index (χ0) is 20.6. The van der Waals surface area contributed by atoms with Gasteiger partial charge < -0.3 is 24.8 Å². The van der Waals surface area contributed by atoms with Crippen LogP contribution in [0.4, 0.5) is 16.8 Å². The molecule has 156 valence electrons. The fourth-order valence-corrected chi connectivity index (χ4v) is 4.60. The third-order valence-corrected chi connectivity index (χ3v) is 6.39. The van der Waals surface area contributed by atoms with Crippen molar-refractivity contribution in [1.82, 2.24) is 15.0 Å². The zero-order valence-electron chi connectivity index (χ0n) is 16.6. The maximum atomic E-state index is 9.76. The molecule has 0 spiro atoms. The van der Waals surface area contributed by atoms with Gasteiger partial charge in [0.05, 0.1) is 29.9 Å². The quantitative estimate of drug-likeness (QED) is 0.644. The first-order chi connectivity index (χ1) is 14.6. The normalized spacial score (nSPS) is 20.6. The van der Waals surface area contributed by atoms with Crippen molar-refractivity contribution in [2.24, 2.45) is 0 Å². The van der Waals surface area contributed by atoms with Crippen molar-refractivity contribution in [3.8, 4) is 10.6 Å². The molecule has 5 heterocycles. The minimum atomic E-state index is -0.739. The first-order valence-corrected chi connectivity index (χ1v) is 10.8. The Morgan fingerprint density at radius 1 is 1.20 bits per heavy atom. The van der Waals surface area contributed by atoms with Crippen molar-refractivity contribution < 1.29 is 14.6 Å². The van der Waals surface area contributed by atoms with E-state index >= 15 is 0 Å². The van der Waals surface area contributed by atoms with Crippen molar-refractivity contribution in [3.05, 3.63) is 48.3 Å². The van der Waals surface area contributed by atoms with E-state index < -0.39 is 5.79 Å². The van der Waals surface area contributed by atoms with Gasteiger partial charge in [-0.05, 0) is 37.6 Å². The van der Waals surface area contributed by atoms with E-state index in [2.05, 4.69) is 20.2 Å². The summed E-state index contributed by atoms with van der Waals surface area (Å²) in [4.78, 5) is 16.7. The van der Waals surface area contributed by atoms with Gasteiger partial charge >= 0.3 is 0 Å². The molecular formula is C21H23N5O3S. The van der Waals surface area contributed by atoms with Crippen LogP contribution in [0.2, 0.25) is 0 Å². The van der Waals surface area contributed by atoms with Crippen LogP contribution < -0.4 is 10.2 Å². The molecular weight excluding hydrogens is 402 g/mol. The summed E-state index contributed by atoms with van der Waals surface area (Å²) in [6.07, 6.45) is 4.09. The van der Waals surface area contributed by atoms with Gasteiger partial charge in [0, 0.05) is 31.0 Å². The molecule has 9 heteroatoms. The van der Waals surface area contributed by atoms with E-state index in [1.807, 2.05) is 43.5 Å². The zero-order valence-corrected chi connectivity index (χ0v) is 17.4. The predicted molar refractivity (Wildman–Crippen MR) is 115 cm³/mol. The SMILES string of the molecule is CC1(c2ccnc(Nc3cccc(-c4cnc(N5CC[C@@H](O)C5)s4)n3)c2)OCCO1. The van der Waals surface area contributed by atoms with Gasteiger partial charge in [0.2, 0.25) is 0 Å². The Morgan fingerprint density at radius 2 is 2.07 bits per heavy atom. The van der Waals surface area contributed by atoms with Gasteiger partial charge in [0.15, 0.2) is 10.9 Å². The Bertz CT molecular complexity index is 1040. The Labute approximate surface area is 178 Å². The fraction of sp³-hybridized carbons (Fsp3) is 0.381. The summed E-state index contributed by atoms with van der Waals surface area (Å²) in [6, 6.07) is 9.64. The lowest BCUT2D eigenvalue weighted by Gasteiger charge is -2.23. The lowest BCUT2D eigenvalue weighted by Crippen LogP contribution is -2.22. The van der Waals surface area contributed by atoms with E-state index in [9.17, 15) is 5.11 Å². The molecule has 0 unspecified atom stereocenters. The number of pyridine rings is 2. The molecule has 0 radical (unpaired) electrons. The number of nitrogens with one attached hydrogen (secondary N) is 1. The van der Waals surface area contributed by atoms with Gasteiger partial charge in [-0.15, -0.1) is 0 Å². The van der Waals surface area contributed by atoms with Gasteiger partial charge in [-0.3, -0.25) is 0 Å². The topological polar surface area (TPSA) is 92.6 Å². The van der Waals surface area contributed by atoms with Crippen LogP contribution in [-0.2, 0) is 15.3 Å². The summed E-state index contributed by atoms with van der Waals surface area (Å²) >= 11 is 1.58. The standard InChI is InChI=1S/C21H23N5O3S/c1-21(28-9-10-29-21)14-5-7-22-19(11-14)25-18-4-2-3-16(24-18)17-12-23-20(30-17)26-8-6-15(27)13-26/h2-5,7,11-12,15,27H,6,8-10,13H2,1H3,(H,22,24,25)/t15-/m1/s1. The molecule has 0 aliphatic carbocycles. The number of thiazole rings is 1. The molecule has 8 nitrogen and oxygen atoms in total. The van der Waals surface area contributed by atoms with Crippen molar-refractivity contribution >= 4 is 28.1 Å². The summed E-state index contributed by atoms with van der Waals surface area (Å²) in [7, 11) is 0. The number of anilines is 3. The van der Waals surface area contributed by atoms with Crippen molar-refractivity contribution in [3.63, 3.8) is 0 Å². The van der Waals surface area contributed by atoms with Crippen LogP contribution in [0, 0.1) is 0 Å². The van der Waals surface area contributed by atoms with Crippen LogP contribution in [-0.4, -0.2) is 52.5 Å². The van der Waals surface area contributed by atoms with Crippen LogP contribution in [0.1, 0.15) is 18.9 Å². The minimum Gasteiger partial charge on any atom is -0.391 e. The van der Waals surface area contributed by atoms with Crippen LogP contribution in [0.5, 0.6) is 0 Å². The summed E-state index contributed by atoms with van der Waals surface area (Å²) in [5, 5.41) is 13.9. The Hall–Kier alpha value is -2.59. The lowest BCUT2D eigenvalue weighted by atomic mass is 10.1. The highest BCUT2D eigenvalue weighted by Crippen LogP contribution is 2.34. The molecule has 5 rings (SSSR count). The van der Waals surface area contributed by atoms with Crippen molar-refractivity contribution in [2.75, 3.05) is 36.5 Å². The average molecular weight is 426 g/mol. The molecule has 2 saturated heterocycles. The van der Waals surface area contributed by atoms with Gasteiger partial charge in [-0.25, -0.2) is 15.0 Å². The molecule has 0 amide bonds. The highest BCUT2D eigenvalue weighted by atomic mass is 32.1. The van der Waals surface area contributed by atoms with Crippen LogP contribution in [0.25, 0.3) is 10.6 Å². The molecule has 0 bridgehead atoms. The molecule has 2 aliphatic heterocycles. The Morgan fingerprint density at radius 3 is 2.87 bits per heavy atom. The van der Waals surface area contributed by atoms with E-state index in [-0.39, 0.29) is 6.10 Å². The Balaban J connectivity index is 1.34.